The third kappa shape index (κ3) is 2.06. The molecule has 0 spiro atoms. The molecule has 3 nitrogen and oxygen atoms in total. The third-order valence-corrected chi connectivity index (χ3v) is 2.18. The fraction of sp³-hybridized carbons (Fsp3) is 0. The molecule has 2 aromatic rings. The molecule has 1 amide bonds. The number of carbonyl (C=O) groups is 1. The molecule has 0 aliphatic heterocycles. The van der Waals surface area contributed by atoms with Gasteiger partial charge in [0, 0.05) is 23.5 Å². The van der Waals surface area contributed by atoms with Crippen molar-refractivity contribution in [2.75, 3.05) is 0 Å². The molecular weight excluding hydrogens is 207 g/mol. The van der Waals surface area contributed by atoms with Crippen LogP contribution in [0.1, 0.15) is 10.4 Å². The monoisotopic (exact) mass is 216 g/mol. The maximum Gasteiger partial charge on any atom is 0.248 e. The number of nitrogens with zero attached hydrogens (tertiary/aromatic N) is 1. The molecule has 0 fully saturated rings. The van der Waals surface area contributed by atoms with E-state index in [-0.39, 0.29) is 5.56 Å². The molecule has 0 aliphatic rings. The van der Waals surface area contributed by atoms with Gasteiger partial charge in [-0.15, -0.1) is 0 Å². The van der Waals surface area contributed by atoms with Gasteiger partial charge in [0.25, 0.3) is 0 Å². The maximum absolute atomic E-state index is 13.2. The van der Waals surface area contributed by atoms with E-state index in [2.05, 4.69) is 4.98 Å². The van der Waals surface area contributed by atoms with Crippen molar-refractivity contribution < 1.29 is 9.18 Å². The van der Waals surface area contributed by atoms with Gasteiger partial charge in [-0.2, -0.15) is 0 Å². The average Bonchev–Trinajstić information content (AvgIpc) is 2.29. The Balaban J connectivity index is 2.54. The molecule has 0 saturated heterocycles. The molecule has 0 bridgehead atoms. The lowest BCUT2D eigenvalue weighted by Gasteiger charge is -2.03. The first-order valence-corrected chi connectivity index (χ1v) is 4.67. The molecule has 0 aliphatic carbocycles. The fourth-order valence-corrected chi connectivity index (χ4v) is 1.43. The first-order valence-electron chi connectivity index (χ1n) is 4.67. The number of primary amides is 1. The smallest absolute Gasteiger partial charge is 0.248 e. The number of aromatic nitrogens is 1. The number of hydrogen-bond donors (Lipinski definition) is 1. The van der Waals surface area contributed by atoms with Crippen LogP contribution in [0, 0.1) is 5.82 Å². The lowest BCUT2D eigenvalue weighted by Crippen LogP contribution is -2.11. The molecule has 0 atom stereocenters. The van der Waals surface area contributed by atoms with E-state index in [4.69, 9.17) is 5.73 Å². The van der Waals surface area contributed by atoms with Crippen LogP contribution in [0.5, 0.6) is 0 Å². The summed E-state index contributed by atoms with van der Waals surface area (Å²) in [6, 6.07) is 7.52. The van der Waals surface area contributed by atoms with Crippen LogP contribution in [0.3, 0.4) is 0 Å². The molecule has 16 heavy (non-hydrogen) atoms. The Morgan fingerprint density at radius 3 is 2.69 bits per heavy atom. The Labute approximate surface area is 91.7 Å². The number of hydrogen-bond acceptors (Lipinski definition) is 2. The van der Waals surface area contributed by atoms with Gasteiger partial charge >= 0.3 is 0 Å². The predicted octanol–water partition coefficient (Wildman–Crippen LogP) is 1.99. The van der Waals surface area contributed by atoms with E-state index in [9.17, 15) is 9.18 Å². The lowest BCUT2D eigenvalue weighted by molar-refractivity contribution is 0.1000. The number of pyridine rings is 1. The largest absolute Gasteiger partial charge is 0.366 e. The van der Waals surface area contributed by atoms with Gasteiger partial charge in [0.05, 0.1) is 0 Å². The first-order chi connectivity index (χ1) is 7.66. The lowest BCUT2D eigenvalue weighted by atomic mass is 10.0. The number of benzene rings is 1. The summed E-state index contributed by atoms with van der Waals surface area (Å²) >= 11 is 0. The van der Waals surface area contributed by atoms with Gasteiger partial charge in [0.15, 0.2) is 0 Å². The van der Waals surface area contributed by atoms with Crippen molar-refractivity contribution in [3.05, 3.63) is 54.1 Å². The van der Waals surface area contributed by atoms with Crippen molar-refractivity contribution in [3.63, 3.8) is 0 Å². The zero-order valence-corrected chi connectivity index (χ0v) is 8.35. The van der Waals surface area contributed by atoms with Crippen LogP contribution in [0.15, 0.2) is 42.7 Å². The van der Waals surface area contributed by atoms with Crippen LogP contribution in [0.4, 0.5) is 4.39 Å². The molecule has 1 heterocycles. The van der Waals surface area contributed by atoms with Gasteiger partial charge < -0.3 is 5.73 Å². The molecule has 2 rings (SSSR count). The van der Waals surface area contributed by atoms with Gasteiger partial charge in [-0.3, -0.25) is 9.78 Å². The van der Waals surface area contributed by atoms with Crippen LogP contribution in [-0.2, 0) is 0 Å². The Morgan fingerprint density at radius 2 is 2.06 bits per heavy atom. The van der Waals surface area contributed by atoms with Crippen molar-refractivity contribution in [3.8, 4) is 11.1 Å². The normalized spacial score (nSPS) is 10.1. The van der Waals surface area contributed by atoms with E-state index in [1.54, 1.807) is 30.6 Å². The highest BCUT2D eigenvalue weighted by Crippen LogP contribution is 2.20. The molecule has 1 aromatic carbocycles. The van der Waals surface area contributed by atoms with Crippen LogP contribution in [0.25, 0.3) is 11.1 Å². The number of rotatable bonds is 2. The van der Waals surface area contributed by atoms with Crippen LogP contribution >= 0.6 is 0 Å². The van der Waals surface area contributed by atoms with Crippen molar-refractivity contribution in [2.45, 2.75) is 0 Å². The Hall–Kier alpha value is -2.23. The highest BCUT2D eigenvalue weighted by atomic mass is 19.1. The van der Waals surface area contributed by atoms with Gasteiger partial charge in [-0.25, -0.2) is 4.39 Å². The van der Waals surface area contributed by atoms with Crippen molar-refractivity contribution in [1.29, 1.82) is 0 Å². The second kappa shape index (κ2) is 4.10. The van der Waals surface area contributed by atoms with Crippen LogP contribution in [-0.4, -0.2) is 10.9 Å². The summed E-state index contributed by atoms with van der Waals surface area (Å²) in [6.07, 6.45) is 3.22. The van der Waals surface area contributed by atoms with Crippen molar-refractivity contribution in [2.24, 2.45) is 5.73 Å². The zero-order valence-electron chi connectivity index (χ0n) is 8.35. The van der Waals surface area contributed by atoms with E-state index >= 15 is 0 Å². The van der Waals surface area contributed by atoms with E-state index in [1.807, 2.05) is 0 Å². The van der Waals surface area contributed by atoms with E-state index < -0.39 is 11.7 Å². The van der Waals surface area contributed by atoms with E-state index in [0.29, 0.717) is 5.56 Å². The van der Waals surface area contributed by atoms with Crippen molar-refractivity contribution in [1.82, 2.24) is 4.98 Å². The minimum Gasteiger partial charge on any atom is -0.366 e. The summed E-state index contributed by atoms with van der Waals surface area (Å²) < 4.78 is 13.2. The summed E-state index contributed by atoms with van der Waals surface area (Å²) in [4.78, 5) is 14.9. The topological polar surface area (TPSA) is 56.0 Å². The summed E-state index contributed by atoms with van der Waals surface area (Å²) in [5.74, 6) is -1.14. The van der Waals surface area contributed by atoms with E-state index in [0.717, 1.165) is 11.6 Å². The van der Waals surface area contributed by atoms with Gasteiger partial charge in [0.2, 0.25) is 5.91 Å². The Kier molecular flexibility index (Phi) is 2.64. The molecule has 80 valence electrons. The molecule has 4 heteroatoms. The second-order valence-corrected chi connectivity index (χ2v) is 3.33. The summed E-state index contributed by atoms with van der Waals surface area (Å²) in [6.45, 7) is 0. The average molecular weight is 216 g/mol. The standard InChI is InChI=1S/C12H9FN2O/c13-11-5-9(4-10(6-11)12(14)16)8-2-1-3-15-7-8/h1-7H,(H2,14,16). The Bertz CT molecular complexity index is 526. The molecule has 0 radical (unpaired) electrons. The minimum absolute atomic E-state index is 0.152. The highest BCUT2D eigenvalue weighted by molar-refractivity contribution is 5.94. The maximum atomic E-state index is 13.2. The Morgan fingerprint density at radius 1 is 1.25 bits per heavy atom. The first kappa shape index (κ1) is 10.3. The fourth-order valence-electron chi connectivity index (χ4n) is 1.43. The van der Waals surface area contributed by atoms with Gasteiger partial charge in [-0.05, 0) is 29.8 Å². The quantitative estimate of drug-likeness (QED) is 0.834. The summed E-state index contributed by atoms with van der Waals surface area (Å²) in [5.41, 5.74) is 6.59. The van der Waals surface area contributed by atoms with Crippen LogP contribution in [0.2, 0.25) is 0 Å². The SMILES string of the molecule is NC(=O)c1cc(F)cc(-c2cccnc2)c1. The predicted molar refractivity (Wildman–Crippen MR) is 58.1 cm³/mol. The highest BCUT2D eigenvalue weighted by Gasteiger charge is 2.06. The molecule has 0 saturated carbocycles. The summed E-state index contributed by atoms with van der Waals surface area (Å²) in [5, 5.41) is 0. The third-order valence-electron chi connectivity index (χ3n) is 2.18. The molecule has 0 unspecified atom stereocenters. The minimum atomic E-state index is -0.648. The molecular formula is C12H9FN2O. The number of carbonyl (C=O) groups excluding carboxylic acids is 1. The number of halogens is 1. The summed E-state index contributed by atoms with van der Waals surface area (Å²) in [7, 11) is 0. The van der Waals surface area contributed by atoms with Crippen LogP contribution < -0.4 is 5.73 Å². The second-order valence-electron chi connectivity index (χ2n) is 3.33. The van der Waals surface area contributed by atoms with Gasteiger partial charge in [0.1, 0.15) is 5.82 Å². The van der Waals surface area contributed by atoms with Crippen molar-refractivity contribution >= 4 is 5.91 Å². The zero-order chi connectivity index (χ0) is 11.5. The number of amides is 1. The number of nitrogens with two attached hydrogens (primary N) is 1. The van der Waals surface area contributed by atoms with E-state index in [1.165, 1.54) is 6.07 Å². The molecule has 2 N–H and O–H groups in total. The molecule has 1 aromatic heterocycles. The van der Waals surface area contributed by atoms with Gasteiger partial charge in [-0.1, -0.05) is 6.07 Å².